The van der Waals surface area contributed by atoms with E-state index >= 15 is 0 Å². The van der Waals surface area contributed by atoms with Gasteiger partial charge in [0.1, 0.15) is 0 Å². The summed E-state index contributed by atoms with van der Waals surface area (Å²) < 4.78 is 6.18. The first-order valence-corrected chi connectivity index (χ1v) is 7.48. The molecule has 0 aliphatic carbocycles. The summed E-state index contributed by atoms with van der Waals surface area (Å²) in [6.07, 6.45) is 0. The van der Waals surface area contributed by atoms with Crippen molar-refractivity contribution in [3.63, 3.8) is 0 Å². The van der Waals surface area contributed by atoms with Gasteiger partial charge in [0.25, 0.3) is 5.91 Å². The van der Waals surface area contributed by atoms with Crippen LogP contribution in [-0.4, -0.2) is 55.5 Å². The van der Waals surface area contributed by atoms with Gasteiger partial charge in [-0.15, -0.1) is 0 Å². The molecule has 1 aliphatic heterocycles. The fourth-order valence-corrected chi connectivity index (χ4v) is 2.96. The number of hydrogen-bond donors (Lipinski definition) is 1. The maximum absolute atomic E-state index is 12.1. The molecular weight excluding hydrogens is 346 g/mol. The largest absolute Gasteiger partial charge is 0.480 e. The highest BCUT2D eigenvalue weighted by atomic mass is 79.9. The Morgan fingerprint density at radius 3 is 2.65 bits per heavy atom. The van der Waals surface area contributed by atoms with Crippen LogP contribution in [0.4, 0.5) is 5.69 Å². The van der Waals surface area contributed by atoms with Gasteiger partial charge in [0, 0.05) is 31.2 Å². The van der Waals surface area contributed by atoms with E-state index in [1.54, 1.807) is 17.0 Å². The fourth-order valence-electron chi connectivity index (χ4n) is 2.01. The molecule has 0 spiro atoms. The first kappa shape index (κ1) is 15.4. The second-order valence-corrected chi connectivity index (χ2v) is 6.07. The minimum Gasteiger partial charge on any atom is -0.480 e. The van der Waals surface area contributed by atoms with E-state index in [2.05, 4.69) is 20.8 Å². The molecule has 1 amide bonds. The van der Waals surface area contributed by atoms with E-state index < -0.39 is 0 Å². The number of rotatable bonds is 3. The number of nitrogen functional groups attached to an aromatic ring is 1. The molecule has 110 valence electrons. The summed E-state index contributed by atoms with van der Waals surface area (Å²) >= 11 is 9.21. The van der Waals surface area contributed by atoms with Crippen LogP contribution in [0.15, 0.2) is 16.6 Å². The van der Waals surface area contributed by atoms with Gasteiger partial charge in [0.2, 0.25) is 0 Å². The van der Waals surface area contributed by atoms with Crippen molar-refractivity contribution >= 4 is 39.1 Å². The van der Waals surface area contributed by atoms with Gasteiger partial charge in [-0.25, -0.2) is 0 Å². The lowest BCUT2D eigenvalue weighted by atomic mass is 10.3. The van der Waals surface area contributed by atoms with Crippen molar-refractivity contribution in [3.05, 3.63) is 21.6 Å². The molecule has 1 saturated heterocycles. The summed E-state index contributed by atoms with van der Waals surface area (Å²) in [6, 6.07) is 3.29. The molecule has 0 unspecified atom stereocenters. The van der Waals surface area contributed by atoms with Crippen molar-refractivity contribution in [2.45, 2.75) is 0 Å². The van der Waals surface area contributed by atoms with E-state index in [4.69, 9.17) is 22.1 Å². The fraction of sp³-hybridized carbons (Fsp3) is 0.462. The number of carbonyl (C=O) groups is 1. The normalized spacial score (nSPS) is 16.2. The number of carbonyl (C=O) groups excluding carboxylic acids is 1. The third-order valence-electron chi connectivity index (χ3n) is 3.23. The number of piperazine rings is 1. The van der Waals surface area contributed by atoms with Crippen molar-refractivity contribution in [2.75, 3.05) is 45.6 Å². The summed E-state index contributed by atoms with van der Waals surface area (Å²) in [6.45, 7) is 3.22. The minimum atomic E-state index is -0.0284. The van der Waals surface area contributed by atoms with E-state index in [1.165, 1.54) is 0 Å². The van der Waals surface area contributed by atoms with Crippen LogP contribution < -0.4 is 10.5 Å². The zero-order valence-corrected chi connectivity index (χ0v) is 13.6. The predicted octanol–water partition coefficient (Wildman–Crippen LogP) is 1.84. The van der Waals surface area contributed by atoms with Gasteiger partial charge < -0.3 is 20.3 Å². The average molecular weight is 363 g/mol. The molecule has 1 aromatic carbocycles. The summed E-state index contributed by atoms with van der Waals surface area (Å²) in [5, 5.41) is 0.520. The second kappa shape index (κ2) is 6.65. The quantitative estimate of drug-likeness (QED) is 0.834. The van der Waals surface area contributed by atoms with Gasteiger partial charge in [-0.1, -0.05) is 11.6 Å². The molecule has 0 radical (unpaired) electrons. The van der Waals surface area contributed by atoms with Gasteiger partial charge in [-0.2, -0.15) is 0 Å². The zero-order chi connectivity index (χ0) is 14.7. The number of hydrogen-bond acceptors (Lipinski definition) is 4. The molecule has 20 heavy (non-hydrogen) atoms. The number of nitrogens with two attached hydrogens (primary N) is 1. The molecule has 0 aromatic heterocycles. The zero-order valence-electron chi connectivity index (χ0n) is 11.2. The number of benzene rings is 1. The Morgan fingerprint density at radius 2 is 2.05 bits per heavy atom. The monoisotopic (exact) mass is 361 g/mol. The topological polar surface area (TPSA) is 58.8 Å². The number of nitrogens with zero attached hydrogens (tertiary/aromatic N) is 2. The summed E-state index contributed by atoms with van der Waals surface area (Å²) in [7, 11) is 2.05. The van der Waals surface area contributed by atoms with Crippen molar-refractivity contribution in [1.29, 1.82) is 0 Å². The molecule has 1 fully saturated rings. The number of amides is 1. The van der Waals surface area contributed by atoms with Gasteiger partial charge >= 0.3 is 0 Å². The third kappa shape index (κ3) is 3.77. The van der Waals surface area contributed by atoms with Gasteiger partial charge in [-0.05, 0) is 35.1 Å². The van der Waals surface area contributed by atoms with E-state index in [0.29, 0.717) is 20.9 Å². The highest BCUT2D eigenvalue weighted by molar-refractivity contribution is 9.10. The molecular formula is C13H17BrClN3O2. The number of anilines is 1. The molecule has 0 saturated carbocycles. The number of halogens is 2. The minimum absolute atomic E-state index is 0.0197. The summed E-state index contributed by atoms with van der Waals surface area (Å²) in [5.74, 6) is 0.427. The van der Waals surface area contributed by atoms with Crippen LogP contribution in [0, 0.1) is 0 Å². The SMILES string of the molecule is CN1CCN(C(=O)COc2c(N)cc(Cl)cc2Br)CC1. The Bertz CT molecular complexity index is 481. The standard InChI is InChI=1S/C13H17BrClN3O2/c1-17-2-4-18(5-3-17)12(19)8-20-13-10(14)6-9(15)7-11(13)16/h6-7H,2-5,8,16H2,1H3. The third-order valence-corrected chi connectivity index (χ3v) is 4.04. The van der Waals surface area contributed by atoms with Crippen molar-refractivity contribution < 1.29 is 9.53 Å². The summed E-state index contributed by atoms with van der Waals surface area (Å²) in [4.78, 5) is 16.1. The smallest absolute Gasteiger partial charge is 0.260 e. The van der Waals surface area contributed by atoms with E-state index in [1.807, 2.05) is 7.05 Å². The van der Waals surface area contributed by atoms with Crippen LogP contribution in [0.5, 0.6) is 5.75 Å². The van der Waals surface area contributed by atoms with Gasteiger partial charge in [-0.3, -0.25) is 4.79 Å². The number of ether oxygens (including phenoxy) is 1. The number of likely N-dealkylation sites (N-methyl/N-ethyl adjacent to an activating group) is 1. The molecule has 2 N–H and O–H groups in total. The molecule has 1 aliphatic rings. The predicted molar refractivity (Wildman–Crippen MR) is 83.1 cm³/mol. The van der Waals surface area contributed by atoms with Crippen molar-refractivity contribution in [2.24, 2.45) is 0 Å². The van der Waals surface area contributed by atoms with Crippen LogP contribution in [-0.2, 0) is 4.79 Å². The molecule has 1 heterocycles. The average Bonchev–Trinajstić information content (AvgIpc) is 2.38. The van der Waals surface area contributed by atoms with Gasteiger partial charge in [0.15, 0.2) is 12.4 Å². The van der Waals surface area contributed by atoms with Crippen molar-refractivity contribution in [1.82, 2.24) is 9.80 Å². The highest BCUT2D eigenvalue weighted by Crippen LogP contribution is 2.34. The van der Waals surface area contributed by atoms with Crippen LogP contribution in [0.3, 0.4) is 0 Å². The molecule has 1 aromatic rings. The molecule has 0 atom stereocenters. The summed E-state index contributed by atoms with van der Waals surface area (Å²) in [5.41, 5.74) is 6.25. The molecule has 5 nitrogen and oxygen atoms in total. The van der Waals surface area contributed by atoms with Crippen LogP contribution in [0.2, 0.25) is 5.02 Å². The second-order valence-electron chi connectivity index (χ2n) is 4.78. The Balaban J connectivity index is 1.94. The van der Waals surface area contributed by atoms with E-state index in [0.717, 1.165) is 26.2 Å². The molecule has 0 bridgehead atoms. The maximum Gasteiger partial charge on any atom is 0.260 e. The molecule has 2 rings (SSSR count). The Hall–Kier alpha value is -0.980. The lowest BCUT2D eigenvalue weighted by Crippen LogP contribution is -2.48. The Labute approximate surface area is 131 Å². The lowest BCUT2D eigenvalue weighted by molar-refractivity contribution is -0.134. The van der Waals surface area contributed by atoms with Crippen LogP contribution in [0.25, 0.3) is 0 Å². The van der Waals surface area contributed by atoms with Crippen molar-refractivity contribution in [3.8, 4) is 5.75 Å². The van der Waals surface area contributed by atoms with E-state index in [9.17, 15) is 4.79 Å². The van der Waals surface area contributed by atoms with Crippen LogP contribution in [0.1, 0.15) is 0 Å². The first-order valence-electron chi connectivity index (χ1n) is 6.31. The lowest BCUT2D eigenvalue weighted by Gasteiger charge is -2.32. The highest BCUT2D eigenvalue weighted by Gasteiger charge is 2.20. The van der Waals surface area contributed by atoms with E-state index in [-0.39, 0.29) is 12.5 Å². The maximum atomic E-state index is 12.1. The Morgan fingerprint density at radius 1 is 1.40 bits per heavy atom. The Kier molecular flexibility index (Phi) is 5.12. The van der Waals surface area contributed by atoms with Gasteiger partial charge in [0.05, 0.1) is 10.2 Å². The first-order chi connectivity index (χ1) is 9.47. The molecule has 7 heteroatoms. The van der Waals surface area contributed by atoms with Crippen LogP contribution >= 0.6 is 27.5 Å².